The quantitative estimate of drug-likeness (QED) is 0.759. The van der Waals surface area contributed by atoms with Gasteiger partial charge >= 0.3 is 0 Å². The van der Waals surface area contributed by atoms with Crippen LogP contribution in [-0.2, 0) is 13.2 Å². The first kappa shape index (κ1) is 13.8. The van der Waals surface area contributed by atoms with E-state index in [4.69, 9.17) is 4.74 Å². The summed E-state index contributed by atoms with van der Waals surface area (Å²) in [5, 5.41) is 4.95. The number of nitrogens with one attached hydrogen (secondary N) is 2. The molecule has 0 radical (unpaired) electrons. The van der Waals surface area contributed by atoms with Gasteiger partial charge in [-0.1, -0.05) is 12.1 Å². The number of hydrogen-bond donors (Lipinski definition) is 2. The molecule has 2 N–H and O–H groups in total. The summed E-state index contributed by atoms with van der Waals surface area (Å²) in [6, 6.07) is 9.67. The smallest absolute Gasteiger partial charge is 0.268 e. The molecule has 0 aliphatic heterocycles. The molecule has 2 aromatic heterocycles. The third kappa shape index (κ3) is 3.12. The van der Waals surface area contributed by atoms with E-state index in [0.717, 1.165) is 12.3 Å². The molecule has 6 heteroatoms. The molecule has 21 heavy (non-hydrogen) atoms. The normalized spacial score (nSPS) is 10.9. The maximum Gasteiger partial charge on any atom is 0.268 e. The molecule has 3 aromatic rings. The first-order chi connectivity index (χ1) is 10.3. The predicted molar refractivity (Wildman–Crippen MR) is 83.8 cm³/mol. The van der Waals surface area contributed by atoms with E-state index < -0.39 is 0 Å². The van der Waals surface area contributed by atoms with Crippen LogP contribution in [0.15, 0.2) is 40.5 Å². The highest BCUT2D eigenvalue weighted by Gasteiger charge is 2.05. The summed E-state index contributed by atoms with van der Waals surface area (Å²) < 4.78 is 6.30. The van der Waals surface area contributed by atoms with E-state index in [1.165, 1.54) is 16.9 Å². The summed E-state index contributed by atoms with van der Waals surface area (Å²) in [7, 11) is 1.91. The maximum atomic E-state index is 11.8. The van der Waals surface area contributed by atoms with Crippen LogP contribution >= 0.6 is 11.3 Å². The number of thiophene rings is 1. The molecule has 5 nitrogen and oxygen atoms in total. The van der Waals surface area contributed by atoms with Crippen molar-refractivity contribution in [3.8, 4) is 5.75 Å². The third-order valence-corrected chi connectivity index (χ3v) is 3.95. The van der Waals surface area contributed by atoms with Crippen LogP contribution in [0.1, 0.15) is 11.4 Å². The Hall–Kier alpha value is -2.18. The zero-order chi connectivity index (χ0) is 14.7. The van der Waals surface area contributed by atoms with Crippen LogP contribution in [-0.4, -0.2) is 17.0 Å². The fourth-order valence-corrected chi connectivity index (χ4v) is 2.77. The molecule has 0 bridgehead atoms. The van der Waals surface area contributed by atoms with Gasteiger partial charge < -0.3 is 15.0 Å². The SMILES string of the molecule is CNCc1ccc(OCc2nc3ccsc3c(=O)[nH]2)cc1. The summed E-state index contributed by atoms with van der Waals surface area (Å²) >= 11 is 1.39. The number of hydrogen-bond acceptors (Lipinski definition) is 5. The van der Waals surface area contributed by atoms with Crippen molar-refractivity contribution in [2.75, 3.05) is 7.05 Å². The lowest BCUT2D eigenvalue weighted by Crippen LogP contribution is -2.12. The van der Waals surface area contributed by atoms with E-state index in [0.29, 0.717) is 16.0 Å². The van der Waals surface area contributed by atoms with Crippen LogP contribution < -0.4 is 15.6 Å². The maximum absolute atomic E-state index is 11.8. The van der Waals surface area contributed by atoms with Gasteiger partial charge in [0.25, 0.3) is 5.56 Å². The van der Waals surface area contributed by atoms with Crippen molar-refractivity contribution < 1.29 is 4.74 Å². The largest absolute Gasteiger partial charge is 0.486 e. The van der Waals surface area contributed by atoms with Crippen LogP contribution in [0, 0.1) is 0 Å². The van der Waals surface area contributed by atoms with Gasteiger partial charge in [0.1, 0.15) is 22.9 Å². The standard InChI is InChI=1S/C15H15N3O2S/c1-16-8-10-2-4-11(5-3-10)20-9-13-17-12-6-7-21-14(12)15(19)18-13/h2-7,16H,8-9H2,1H3,(H,17,18,19). The van der Waals surface area contributed by atoms with Gasteiger partial charge in [-0.3, -0.25) is 4.79 Å². The van der Waals surface area contributed by atoms with Crippen molar-refractivity contribution in [3.05, 3.63) is 57.5 Å². The Kier molecular flexibility index (Phi) is 3.98. The number of H-pyrrole nitrogens is 1. The van der Waals surface area contributed by atoms with E-state index in [1.807, 2.05) is 42.8 Å². The monoisotopic (exact) mass is 301 g/mol. The molecule has 0 aliphatic rings. The second kappa shape index (κ2) is 6.07. The molecular formula is C15H15N3O2S. The van der Waals surface area contributed by atoms with Gasteiger partial charge in [0.2, 0.25) is 0 Å². The van der Waals surface area contributed by atoms with Gasteiger partial charge in [0.15, 0.2) is 0 Å². The Morgan fingerprint density at radius 2 is 2.10 bits per heavy atom. The van der Waals surface area contributed by atoms with Gasteiger partial charge in [0, 0.05) is 6.54 Å². The lowest BCUT2D eigenvalue weighted by molar-refractivity contribution is 0.296. The molecule has 0 saturated carbocycles. The van der Waals surface area contributed by atoms with E-state index in [9.17, 15) is 4.79 Å². The lowest BCUT2D eigenvalue weighted by Gasteiger charge is -2.07. The average Bonchev–Trinajstić information content (AvgIpc) is 2.96. The highest BCUT2D eigenvalue weighted by Crippen LogP contribution is 2.16. The van der Waals surface area contributed by atoms with Crippen molar-refractivity contribution in [1.29, 1.82) is 0 Å². The minimum Gasteiger partial charge on any atom is -0.486 e. The Bertz CT molecular complexity index is 793. The number of aromatic nitrogens is 2. The zero-order valence-electron chi connectivity index (χ0n) is 11.6. The van der Waals surface area contributed by atoms with E-state index in [-0.39, 0.29) is 12.2 Å². The van der Waals surface area contributed by atoms with Crippen LogP contribution in [0.25, 0.3) is 10.2 Å². The second-order valence-corrected chi connectivity index (χ2v) is 5.53. The van der Waals surface area contributed by atoms with Crippen LogP contribution in [0.4, 0.5) is 0 Å². The fourth-order valence-electron chi connectivity index (χ4n) is 2.05. The number of aromatic amines is 1. The zero-order valence-corrected chi connectivity index (χ0v) is 12.4. The number of fused-ring (bicyclic) bond motifs is 1. The molecule has 1 aromatic carbocycles. The lowest BCUT2D eigenvalue weighted by atomic mass is 10.2. The van der Waals surface area contributed by atoms with Crippen molar-refractivity contribution in [2.45, 2.75) is 13.2 Å². The van der Waals surface area contributed by atoms with E-state index in [2.05, 4.69) is 15.3 Å². The second-order valence-electron chi connectivity index (χ2n) is 4.61. The minimum absolute atomic E-state index is 0.113. The number of nitrogens with zero attached hydrogens (tertiary/aromatic N) is 1. The van der Waals surface area contributed by atoms with Crippen LogP contribution in [0.5, 0.6) is 5.75 Å². The molecule has 0 aliphatic carbocycles. The first-order valence-corrected chi connectivity index (χ1v) is 7.47. The van der Waals surface area contributed by atoms with Crippen molar-refractivity contribution in [2.24, 2.45) is 0 Å². The predicted octanol–water partition coefficient (Wildman–Crippen LogP) is 2.28. The third-order valence-electron chi connectivity index (χ3n) is 3.04. The first-order valence-electron chi connectivity index (χ1n) is 6.59. The van der Waals surface area contributed by atoms with Crippen molar-refractivity contribution >= 4 is 21.6 Å². The summed E-state index contributed by atoms with van der Waals surface area (Å²) in [6.07, 6.45) is 0. The summed E-state index contributed by atoms with van der Waals surface area (Å²) in [5.41, 5.74) is 1.79. The Morgan fingerprint density at radius 3 is 2.86 bits per heavy atom. The molecule has 0 fully saturated rings. The fraction of sp³-hybridized carbons (Fsp3) is 0.200. The Balaban J connectivity index is 1.72. The Morgan fingerprint density at radius 1 is 1.29 bits per heavy atom. The van der Waals surface area contributed by atoms with Crippen molar-refractivity contribution in [3.63, 3.8) is 0 Å². The number of rotatable bonds is 5. The highest BCUT2D eigenvalue weighted by molar-refractivity contribution is 7.17. The summed E-state index contributed by atoms with van der Waals surface area (Å²) in [5.74, 6) is 1.29. The topological polar surface area (TPSA) is 67.0 Å². The molecule has 0 saturated heterocycles. The van der Waals surface area contributed by atoms with E-state index in [1.54, 1.807) is 0 Å². The molecule has 0 amide bonds. The van der Waals surface area contributed by atoms with Gasteiger partial charge in [0.05, 0.1) is 5.52 Å². The van der Waals surface area contributed by atoms with Crippen LogP contribution in [0.3, 0.4) is 0 Å². The van der Waals surface area contributed by atoms with Gasteiger partial charge in [-0.25, -0.2) is 4.98 Å². The average molecular weight is 301 g/mol. The minimum atomic E-state index is -0.113. The highest BCUT2D eigenvalue weighted by atomic mass is 32.1. The molecule has 3 rings (SSSR count). The van der Waals surface area contributed by atoms with Gasteiger partial charge in [-0.15, -0.1) is 11.3 Å². The number of benzene rings is 1. The summed E-state index contributed by atoms with van der Waals surface area (Å²) in [4.78, 5) is 19.0. The molecule has 108 valence electrons. The number of ether oxygens (including phenoxy) is 1. The Labute approximate surface area is 125 Å². The van der Waals surface area contributed by atoms with Gasteiger partial charge in [-0.05, 0) is 36.2 Å². The molecule has 0 spiro atoms. The molecular weight excluding hydrogens is 286 g/mol. The van der Waals surface area contributed by atoms with E-state index >= 15 is 0 Å². The van der Waals surface area contributed by atoms with Gasteiger partial charge in [-0.2, -0.15) is 0 Å². The molecule has 0 unspecified atom stereocenters. The van der Waals surface area contributed by atoms with Crippen molar-refractivity contribution in [1.82, 2.24) is 15.3 Å². The molecule has 0 atom stereocenters. The van der Waals surface area contributed by atoms with Crippen LogP contribution in [0.2, 0.25) is 0 Å². The summed E-state index contributed by atoms with van der Waals surface area (Å²) in [6.45, 7) is 1.07. The molecule has 2 heterocycles.